The van der Waals surface area contributed by atoms with E-state index in [9.17, 15) is 14.7 Å². The van der Waals surface area contributed by atoms with Crippen LogP contribution in [0.3, 0.4) is 0 Å². The largest absolute Gasteiger partial charge is 0.391 e. The SMILES string of the molecule is CCCC(O)CNC(=O)C(C)NC(=O)c1ccccc1. The maximum Gasteiger partial charge on any atom is 0.251 e. The highest BCUT2D eigenvalue weighted by Gasteiger charge is 2.16. The Morgan fingerprint density at radius 2 is 1.90 bits per heavy atom. The van der Waals surface area contributed by atoms with E-state index >= 15 is 0 Å². The van der Waals surface area contributed by atoms with Crippen molar-refractivity contribution in [1.82, 2.24) is 10.6 Å². The maximum absolute atomic E-state index is 11.9. The minimum absolute atomic E-state index is 0.207. The standard InChI is InChI=1S/C15H22N2O3/c1-3-7-13(18)10-16-14(19)11(2)17-15(20)12-8-5-4-6-9-12/h4-6,8-9,11,13,18H,3,7,10H2,1-2H3,(H,16,19)(H,17,20). The summed E-state index contributed by atoms with van der Waals surface area (Å²) in [5, 5.41) is 14.8. The van der Waals surface area contributed by atoms with Gasteiger partial charge in [-0.3, -0.25) is 9.59 Å². The predicted octanol–water partition coefficient (Wildman–Crippen LogP) is 1.08. The third-order valence-electron chi connectivity index (χ3n) is 2.91. The molecule has 0 radical (unpaired) electrons. The molecule has 0 saturated carbocycles. The van der Waals surface area contributed by atoms with Gasteiger partial charge in [-0.25, -0.2) is 0 Å². The summed E-state index contributed by atoms with van der Waals surface area (Å²) in [5.41, 5.74) is 0.512. The molecule has 0 aliphatic carbocycles. The van der Waals surface area contributed by atoms with Gasteiger partial charge in [-0.1, -0.05) is 31.5 Å². The second kappa shape index (κ2) is 8.32. The van der Waals surface area contributed by atoms with Crippen LogP contribution < -0.4 is 10.6 Å². The van der Waals surface area contributed by atoms with Crippen LogP contribution >= 0.6 is 0 Å². The zero-order valence-corrected chi connectivity index (χ0v) is 11.9. The molecular weight excluding hydrogens is 256 g/mol. The summed E-state index contributed by atoms with van der Waals surface area (Å²) in [7, 11) is 0. The first-order valence-electron chi connectivity index (χ1n) is 6.86. The van der Waals surface area contributed by atoms with Crippen molar-refractivity contribution >= 4 is 11.8 Å². The van der Waals surface area contributed by atoms with E-state index in [4.69, 9.17) is 0 Å². The molecule has 2 unspecified atom stereocenters. The molecule has 0 heterocycles. The van der Waals surface area contributed by atoms with Gasteiger partial charge in [-0.15, -0.1) is 0 Å². The topological polar surface area (TPSA) is 78.4 Å². The van der Waals surface area contributed by atoms with E-state index in [-0.39, 0.29) is 18.4 Å². The van der Waals surface area contributed by atoms with Crippen LogP contribution in [0.15, 0.2) is 30.3 Å². The summed E-state index contributed by atoms with van der Waals surface area (Å²) in [6, 6.07) is 8.08. The van der Waals surface area contributed by atoms with Crippen molar-refractivity contribution in [2.45, 2.75) is 38.8 Å². The van der Waals surface area contributed by atoms with E-state index in [2.05, 4.69) is 10.6 Å². The zero-order valence-electron chi connectivity index (χ0n) is 11.9. The highest BCUT2D eigenvalue weighted by Crippen LogP contribution is 1.99. The Labute approximate surface area is 119 Å². The summed E-state index contributed by atoms with van der Waals surface area (Å²) < 4.78 is 0. The molecule has 2 amide bonds. The minimum Gasteiger partial charge on any atom is -0.391 e. The summed E-state index contributed by atoms with van der Waals surface area (Å²) in [6.07, 6.45) is 0.962. The monoisotopic (exact) mass is 278 g/mol. The molecule has 0 aliphatic heterocycles. The molecule has 0 aliphatic rings. The van der Waals surface area contributed by atoms with Crippen LogP contribution in [0, 0.1) is 0 Å². The van der Waals surface area contributed by atoms with E-state index in [1.54, 1.807) is 31.2 Å². The Morgan fingerprint density at radius 3 is 2.50 bits per heavy atom. The quantitative estimate of drug-likeness (QED) is 0.698. The van der Waals surface area contributed by atoms with Crippen molar-refractivity contribution in [2.24, 2.45) is 0 Å². The normalized spacial score (nSPS) is 13.3. The number of hydrogen-bond donors (Lipinski definition) is 3. The molecule has 20 heavy (non-hydrogen) atoms. The zero-order chi connectivity index (χ0) is 15.0. The number of carbonyl (C=O) groups excluding carboxylic acids is 2. The van der Waals surface area contributed by atoms with Gasteiger partial charge in [-0.2, -0.15) is 0 Å². The van der Waals surface area contributed by atoms with Crippen LogP contribution in [0.2, 0.25) is 0 Å². The molecule has 0 spiro atoms. The Bertz CT molecular complexity index is 434. The predicted molar refractivity (Wildman–Crippen MR) is 77.3 cm³/mol. The number of aliphatic hydroxyl groups excluding tert-OH is 1. The number of nitrogens with one attached hydrogen (secondary N) is 2. The second-order valence-electron chi connectivity index (χ2n) is 4.75. The van der Waals surface area contributed by atoms with Crippen molar-refractivity contribution in [3.63, 3.8) is 0 Å². The lowest BCUT2D eigenvalue weighted by atomic mass is 10.2. The highest BCUT2D eigenvalue weighted by molar-refractivity contribution is 5.97. The van der Waals surface area contributed by atoms with Crippen molar-refractivity contribution in [1.29, 1.82) is 0 Å². The van der Waals surface area contributed by atoms with Crippen LogP contribution in [-0.4, -0.2) is 35.6 Å². The number of amides is 2. The van der Waals surface area contributed by atoms with Crippen LogP contribution in [0.25, 0.3) is 0 Å². The molecule has 5 nitrogen and oxygen atoms in total. The summed E-state index contributed by atoms with van der Waals surface area (Å²) in [5.74, 6) is -0.591. The van der Waals surface area contributed by atoms with Crippen LogP contribution in [-0.2, 0) is 4.79 Å². The Morgan fingerprint density at radius 1 is 1.25 bits per heavy atom. The van der Waals surface area contributed by atoms with Crippen molar-refractivity contribution in [3.05, 3.63) is 35.9 Å². The van der Waals surface area contributed by atoms with Crippen LogP contribution in [0.4, 0.5) is 0 Å². The first-order valence-corrected chi connectivity index (χ1v) is 6.86. The van der Waals surface area contributed by atoms with Gasteiger partial charge >= 0.3 is 0 Å². The fraction of sp³-hybridized carbons (Fsp3) is 0.467. The number of carbonyl (C=O) groups is 2. The molecule has 0 bridgehead atoms. The van der Waals surface area contributed by atoms with Gasteiger partial charge in [0.1, 0.15) is 6.04 Å². The number of hydrogen-bond acceptors (Lipinski definition) is 3. The maximum atomic E-state index is 11.9. The summed E-state index contributed by atoms with van der Waals surface area (Å²) >= 11 is 0. The van der Waals surface area contributed by atoms with Gasteiger partial charge in [0.15, 0.2) is 0 Å². The second-order valence-corrected chi connectivity index (χ2v) is 4.75. The van der Waals surface area contributed by atoms with E-state index in [0.29, 0.717) is 12.0 Å². The molecule has 2 atom stereocenters. The highest BCUT2D eigenvalue weighted by atomic mass is 16.3. The number of rotatable bonds is 7. The van der Waals surface area contributed by atoms with Crippen LogP contribution in [0.1, 0.15) is 37.0 Å². The average molecular weight is 278 g/mol. The van der Waals surface area contributed by atoms with Crippen LogP contribution in [0.5, 0.6) is 0 Å². The van der Waals surface area contributed by atoms with Gasteiger partial charge in [-0.05, 0) is 25.5 Å². The summed E-state index contributed by atoms with van der Waals surface area (Å²) in [4.78, 5) is 23.6. The van der Waals surface area contributed by atoms with Gasteiger partial charge in [0.05, 0.1) is 6.10 Å². The molecule has 1 aromatic rings. The lowest BCUT2D eigenvalue weighted by molar-refractivity contribution is -0.123. The Hall–Kier alpha value is -1.88. The first kappa shape index (κ1) is 16.2. The fourth-order valence-corrected chi connectivity index (χ4v) is 1.74. The van der Waals surface area contributed by atoms with Crippen molar-refractivity contribution in [3.8, 4) is 0 Å². The number of benzene rings is 1. The molecule has 0 saturated heterocycles. The Kier molecular flexibility index (Phi) is 6.73. The molecule has 110 valence electrons. The average Bonchev–Trinajstić information content (AvgIpc) is 2.45. The minimum atomic E-state index is -0.642. The molecule has 3 N–H and O–H groups in total. The summed E-state index contributed by atoms with van der Waals surface area (Å²) in [6.45, 7) is 3.79. The van der Waals surface area contributed by atoms with E-state index in [0.717, 1.165) is 6.42 Å². The van der Waals surface area contributed by atoms with Gasteiger partial charge in [0.2, 0.25) is 5.91 Å². The third-order valence-corrected chi connectivity index (χ3v) is 2.91. The van der Waals surface area contributed by atoms with E-state index in [1.807, 2.05) is 13.0 Å². The molecule has 1 aromatic carbocycles. The van der Waals surface area contributed by atoms with Gasteiger partial charge in [0, 0.05) is 12.1 Å². The molecule has 5 heteroatoms. The first-order chi connectivity index (χ1) is 9.54. The smallest absolute Gasteiger partial charge is 0.251 e. The van der Waals surface area contributed by atoms with Crippen molar-refractivity contribution in [2.75, 3.05) is 6.54 Å². The third kappa shape index (κ3) is 5.40. The lowest BCUT2D eigenvalue weighted by Crippen LogP contribution is -2.46. The molecule has 0 fully saturated rings. The molecule has 1 rings (SSSR count). The Balaban J connectivity index is 2.40. The molecule has 0 aromatic heterocycles. The fourth-order valence-electron chi connectivity index (χ4n) is 1.74. The van der Waals surface area contributed by atoms with Gasteiger partial charge < -0.3 is 15.7 Å². The van der Waals surface area contributed by atoms with E-state index < -0.39 is 12.1 Å². The lowest BCUT2D eigenvalue weighted by Gasteiger charge is -2.16. The molecular formula is C15H22N2O3. The van der Waals surface area contributed by atoms with Crippen molar-refractivity contribution < 1.29 is 14.7 Å². The number of aliphatic hydroxyl groups is 1. The van der Waals surface area contributed by atoms with Gasteiger partial charge in [0.25, 0.3) is 5.91 Å². The van der Waals surface area contributed by atoms with E-state index in [1.165, 1.54) is 0 Å².